The molecule has 0 saturated heterocycles. The Morgan fingerprint density at radius 3 is 2.56 bits per heavy atom. The van der Waals surface area contributed by atoms with Crippen LogP contribution in [0.5, 0.6) is 0 Å². The zero-order valence-electron chi connectivity index (χ0n) is 9.75. The topological polar surface area (TPSA) is 72.0 Å². The Balaban J connectivity index is 2.25. The van der Waals surface area contributed by atoms with Gasteiger partial charge in [0.25, 0.3) is 5.91 Å². The van der Waals surface area contributed by atoms with Crippen LogP contribution in [0.4, 0.5) is 5.82 Å². The molecule has 0 radical (unpaired) electrons. The third kappa shape index (κ3) is 2.57. The summed E-state index contributed by atoms with van der Waals surface area (Å²) in [4.78, 5) is 30.9. The first-order valence-electron chi connectivity index (χ1n) is 5.36. The predicted molar refractivity (Wildman–Crippen MR) is 66.4 cm³/mol. The van der Waals surface area contributed by atoms with Gasteiger partial charge >= 0.3 is 0 Å². The molecule has 1 aromatic heterocycles. The molecular formula is C13H11N3O2. The van der Waals surface area contributed by atoms with Crippen LogP contribution in [0.15, 0.2) is 42.9 Å². The summed E-state index contributed by atoms with van der Waals surface area (Å²) >= 11 is 0. The molecular weight excluding hydrogens is 230 g/mol. The monoisotopic (exact) mass is 241 g/mol. The zero-order chi connectivity index (χ0) is 13.0. The van der Waals surface area contributed by atoms with Crippen LogP contribution >= 0.6 is 0 Å². The average Bonchev–Trinajstić information content (AvgIpc) is 2.40. The van der Waals surface area contributed by atoms with E-state index >= 15 is 0 Å². The fraction of sp³-hybridized carbons (Fsp3) is 0.0769. The van der Waals surface area contributed by atoms with Crippen molar-refractivity contribution in [3.63, 3.8) is 0 Å². The number of ketones is 1. The number of nitrogens with one attached hydrogen (secondary N) is 1. The van der Waals surface area contributed by atoms with Gasteiger partial charge in [-0.1, -0.05) is 18.2 Å². The Labute approximate surface area is 104 Å². The van der Waals surface area contributed by atoms with E-state index in [1.54, 1.807) is 24.3 Å². The molecule has 90 valence electrons. The molecule has 0 bridgehead atoms. The first-order valence-corrected chi connectivity index (χ1v) is 5.36. The summed E-state index contributed by atoms with van der Waals surface area (Å²) < 4.78 is 0. The molecule has 5 nitrogen and oxygen atoms in total. The molecule has 0 spiro atoms. The number of rotatable bonds is 3. The van der Waals surface area contributed by atoms with E-state index in [9.17, 15) is 9.59 Å². The summed E-state index contributed by atoms with van der Waals surface area (Å²) in [6.45, 7) is 1.40. The van der Waals surface area contributed by atoms with E-state index in [0.29, 0.717) is 11.1 Å². The average molecular weight is 241 g/mol. The number of benzene rings is 1. The third-order valence-electron chi connectivity index (χ3n) is 2.36. The Hall–Kier alpha value is -2.56. The summed E-state index contributed by atoms with van der Waals surface area (Å²) in [5.74, 6) is -0.276. The second-order valence-corrected chi connectivity index (χ2v) is 3.66. The lowest BCUT2D eigenvalue weighted by molar-refractivity contribution is 0.101. The Morgan fingerprint density at radius 1 is 1.17 bits per heavy atom. The van der Waals surface area contributed by atoms with E-state index in [2.05, 4.69) is 15.3 Å². The maximum absolute atomic E-state index is 11.9. The minimum Gasteiger partial charge on any atom is -0.306 e. The molecule has 0 aliphatic heterocycles. The van der Waals surface area contributed by atoms with Crippen molar-refractivity contribution in [2.45, 2.75) is 6.92 Å². The number of carbonyl (C=O) groups is 2. The number of carbonyl (C=O) groups excluding carboxylic acids is 2. The number of amides is 1. The molecule has 5 heteroatoms. The van der Waals surface area contributed by atoms with E-state index in [-0.39, 0.29) is 17.5 Å². The number of aromatic nitrogens is 2. The van der Waals surface area contributed by atoms with Gasteiger partial charge in [0.15, 0.2) is 5.78 Å². The minimum atomic E-state index is -0.309. The molecule has 0 aliphatic rings. The lowest BCUT2D eigenvalue weighted by Gasteiger charge is -2.06. The van der Waals surface area contributed by atoms with E-state index in [1.165, 1.54) is 19.4 Å². The van der Waals surface area contributed by atoms with Crippen molar-refractivity contribution in [3.05, 3.63) is 54.0 Å². The first kappa shape index (κ1) is 11.9. The summed E-state index contributed by atoms with van der Waals surface area (Å²) in [5.41, 5.74) is 0.799. The molecule has 1 amide bonds. The SMILES string of the molecule is CC(=O)c1cncnc1NC(=O)c1ccccc1. The Morgan fingerprint density at radius 2 is 1.89 bits per heavy atom. The first-order chi connectivity index (χ1) is 8.68. The highest BCUT2D eigenvalue weighted by Crippen LogP contribution is 2.12. The standard InChI is InChI=1S/C13H11N3O2/c1-9(17)11-7-14-8-15-12(11)16-13(18)10-5-3-2-4-6-10/h2-8H,1H3,(H,14,15,16,18). The van der Waals surface area contributed by atoms with Crippen LogP contribution in [0.3, 0.4) is 0 Å². The van der Waals surface area contributed by atoms with Crippen LogP contribution in [0.2, 0.25) is 0 Å². The molecule has 2 aromatic rings. The molecule has 0 unspecified atom stereocenters. The number of hydrogen-bond donors (Lipinski definition) is 1. The Kier molecular flexibility index (Phi) is 3.43. The van der Waals surface area contributed by atoms with Gasteiger partial charge in [0.2, 0.25) is 0 Å². The highest BCUT2D eigenvalue weighted by molar-refractivity contribution is 6.07. The molecule has 2 rings (SSSR count). The number of nitrogens with zero attached hydrogens (tertiary/aromatic N) is 2. The second kappa shape index (κ2) is 5.18. The molecule has 1 N–H and O–H groups in total. The fourth-order valence-corrected chi connectivity index (χ4v) is 1.46. The molecule has 1 aromatic carbocycles. The summed E-state index contributed by atoms with van der Waals surface area (Å²) in [5, 5.41) is 2.60. The molecule has 0 aliphatic carbocycles. The number of hydrogen-bond acceptors (Lipinski definition) is 4. The van der Waals surface area contributed by atoms with Crippen molar-refractivity contribution in [1.29, 1.82) is 0 Å². The lowest BCUT2D eigenvalue weighted by Crippen LogP contribution is -2.15. The Bertz CT molecular complexity index is 582. The van der Waals surface area contributed by atoms with Crippen molar-refractivity contribution in [2.75, 3.05) is 5.32 Å². The van der Waals surface area contributed by atoms with Crippen molar-refractivity contribution < 1.29 is 9.59 Å². The van der Waals surface area contributed by atoms with Crippen LogP contribution in [-0.4, -0.2) is 21.7 Å². The molecule has 0 saturated carbocycles. The van der Waals surface area contributed by atoms with Gasteiger partial charge in [0, 0.05) is 11.8 Å². The molecule has 0 atom stereocenters. The predicted octanol–water partition coefficient (Wildman–Crippen LogP) is 1.93. The largest absolute Gasteiger partial charge is 0.306 e. The van der Waals surface area contributed by atoms with E-state index in [1.807, 2.05) is 6.07 Å². The van der Waals surface area contributed by atoms with Crippen molar-refractivity contribution >= 4 is 17.5 Å². The quantitative estimate of drug-likeness (QED) is 0.833. The van der Waals surface area contributed by atoms with Crippen molar-refractivity contribution in [1.82, 2.24) is 9.97 Å². The summed E-state index contributed by atoms with van der Waals surface area (Å²) in [6.07, 6.45) is 2.67. The highest BCUT2D eigenvalue weighted by Gasteiger charge is 2.12. The zero-order valence-corrected chi connectivity index (χ0v) is 9.75. The van der Waals surface area contributed by atoms with E-state index in [4.69, 9.17) is 0 Å². The van der Waals surface area contributed by atoms with E-state index < -0.39 is 0 Å². The van der Waals surface area contributed by atoms with Gasteiger partial charge in [0.1, 0.15) is 12.1 Å². The van der Waals surface area contributed by atoms with Gasteiger partial charge in [0.05, 0.1) is 5.56 Å². The van der Waals surface area contributed by atoms with Crippen LogP contribution in [0, 0.1) is 0 Å². The lowest BCUT2D eigenvalue weighted by atomic mass is 10.2. The van der Waals surface area contributed by atoms with Crippen LogP contribution in [-0.2, 0) is 0 Å². The second-order valence-electron chi connectivity index (χ2n) is 3.66. The fourth-order valence-electron chi connectivity index (χ4n) is 1.46. The summed E-state index contributed by atoms with van der Waals surface area (Å²) in [7, 11) is 0. The summed E-state index contributed by atoms with van der Waals surface area (Å²) in [6, 6.07) is 8.72. The van der Waals surface area contributed by atoms with Gasteiger partial charge in [-0.25, -0.2) is 9.97 Å². The minimum absolute atomic E-state index is 0.195. The molecule has 18 heavy (non-hydrogen) atoms. The van der Waals surface area contributed by atoms with Gasteiger partial charge in [-0.15, -0.1) is 0 Å². The molecule has 0 fully saturated rings. The smallest absolute Gasteiger partial charge is 0.256 e. The van der Waals surface area contributed by atoms with Gasteiger partial charge < -0.3 is 5.32 Å². The van der Waals surface area contributed by atoms with Gasteiger partial charge in [-0.3, -0.25) is 9.59 Å². The van der Waals surface area contributed by atoms with E-state index in [0.717, 1.165) is 0 Å². The van der Waals surface area contributed by atoms with Crippen LogP contribution < -0.4 is 5.32 Å². The van der Waals surface area contributed by atoms with Crippen molar-refractivity contribution in [2.24, 2.45) is 0 Å². The number of anilines is 1. The van der Waals surface area contributed by atoms with Gasteiger partial charge in [-0.2, -0.15) is 0 Å². The third-order valence-corrected chi connectivity index (χ3v) is 2.36. The normalized spacial score (nSPS) is 9.83. The van der Waals surface area contributed by atoms with Crippen LogP contribution in [0.25, 0.3) is 0 Å². The van der Waals surface area contributed by atoms with Crippen molar-refractivity contribution in [3.8, 4) is 0 Å². The van der Waals surface area contributed by atoms with Crippen LogP contribution in [0.1, 0.15) is 27.6 Å². The maximum atomic E-state index is 11.9. The van der Waals surface area contributed by atoms with Gasteiger partial charge in [-0.05, 0) is 19.1 Å². The highest BCUT2D eigenvalue weighted by atomic mass is 16.2. The number of Topliss-reactive ketones (excluding diaryl/α,β-unsaturated/α-hetero) is 1. The molecule has 1 heterocycles. The maximum Gasteiger partial charge on any atom is 0.256 e.